The maximum absolute atomic E-state index is 13.2. The molecule has 1 N–H and O–H groups in total. The summed E-state index contributed by atoms with van der Waals surface area (Å²) in [5, 5.41) is 3.44. The first-order valence-electron chi connectivity index (χ1n) is 9.12. The maximum Gasteiger partial charge on any atom is 0.244 e. The number of carbonyl (C=O) groups excluding carboxylic acids is 2. The van der Waals surface area contributed by atoms with Crippen LogP contribution in [0.25, 0.3) is 0 Å². The van der Waals surface area contributed by atoms with E-state index in [0.717, 1.165) is 16.1 Å². The van der Waals surface area contributed by atoms with Crippen molar-refractivity contribution in [1.29, 1.82) is 0 Å². The Bertz CT molecular complexity index is 1060. The van der Waals surface area contributed by atoms with Crippen LogP contribution in [-0.2, 0) is 26.2 Å². The molecule has 0 saturated carbocycles. The highest BCUT2D eigenvalue weighted by molar-refractivity contribution is 7.92. The molecule has 0 heterocycles. The van der Waals surface area contributed by atoms with Gasteiger partial charge in [0.05, 0.1) is 22.0 Å². The van der Waals surface area contributed by atoms with Crippen LogP contribution >= 0.6 is 34.8 Å². The molecule has 0 aliphatic heterocycles. The van der Waals surface area contributed by atoms with Gasteiger partial charge in [-0.15, -0.1) is 0 Å². The van der Waals surface area contributed by atoms with Crippen LogP contribution in [0.3, 0.4) is 0 Å². The second-order valence-electron chi connectivity index (χ2n) is 6.81. The summed E-state index contributed by atoms with van der Waals surface area (Å²) < 4.78 is 25.8. The summed E-state index contributed by atoms with van der Waals surface area (Å²) in [7, 11) is -2.38. The highest BCUT2D eigenvalue weighted by Gasteiger charge is 2.29. The van der Waals surface area contributed by atoms with E-state index in [1.54, 1.807) is 31.2 Å². The van der Waals surface area contributed by atoms with Gasteiger partial charge in [-0.1, -0.05) is 46.9 Å². The maximum atomic E-state index is 13.2. The average Bonchev–Trinajstić information content (AvgIpc) is 2.71. The third kappa shape index (κ3) is 6.74. The number of sulfonamides is 1. The monoisotopic (exact) mass is 505 g/mol. The molecule has 168 valence electrons. The zero-order chi connectivity index (χ0) is 23.3. The van der Waals surface area contributed by atoms with Crippen molar-refractivity contribution in [2.45, 2.75) is 19.5 Å². The van der Waals surface area contributed by atoms with Crippen LogP contribution in [0.2, 0.25) is 15.1 Å². The van der Waals surface area contributed by atoms with Crippen LogP contribution in [0.15, 0.2) is 42.5 Å². The lowest BCUT2D eigenvalue weighted by molar-refractivity contribution is -0.139. The van der Waals surface area contributed by atoms with E-state index in [0.29, 0.717) is 5.02 Å². The second-order valence-corrected chi connectivity index (χ2v) is 9.96. The molecule has 7 nitrogen and oxygen atoms in total. The van der Waals surface area contributed by atoms with E-state index in [1.807, 2.05) is 0 Å². The average molecular weight is 507 g/mol. The van der Waals surface area contributed by atoms with Gasteiger partial charge in [0.2, 0.25) is 21.8 Å². The molecule has 0 bridgehead atoms. The van der Waals surface area contributed by atoms with E-state index >= 15 is 0 Å². The molecular weight excluding hydrogens is 485 g/mol. The Morgan fingerprint density at radius 3 is 2.16 bits per heavy atom. The van der Waals surface area contributed by atoms with Gasteiger partial charge in [0, 0.05) is 18.6 Å². The van der Waals surface area contributed by atoms with Crippen molar-refractivity contribution in [1.82, 2.24) is 10.2 Å². The molecule has 1 atom stereocenters. The van der Waals surface area contributed by atoms with Gasteiger partial charge < -0.3 is 10.2 Å². The van der Waals surface area contributed by atoms with Crippen molar-refractivity contribution in [3.63, 3.8) is 0 Å². The Morgan fingerprint density at radius 2 is 1.65 bits per heavy atom. The Balaban J connectivity index is 2.39. The fourth-order valence-corrected chi connectivity index (χ4v) is 4.09. The predicted molar refractivity (Wildman–Crippen MR) is 124 cm³/mol. The highest BCUT2D eigenvalue weighted by Crippen LogP contribution is 2.28. The number of amides is 2. The largest absolute Gasteiger partial charge is 0.357 e. The van der Waals surface area contributed by atoms with Crippen LogP contribution in [0.1, 0.15) is 12.5 Å². The predicted octanol–water partition coefficient (Wildman–Crippen LogP) is 3.58. The van der Waals surface area contributed by atoms with E-state index in [1.165, 1.54) is 30.1 Å². The van der Waals surface area contributed by atoms with Gasteiger partial charge in [0.1, 0.15) is 12.6 Å². The summed E-state index contributed by atoms with van der Waals surface area (Å²) >= 11 is 17.9. The van der Waals surface area contributed by atoms with Crippen molar-refractivity contribution in [3.05, 3.63) is 63.1 Å². The van der Waals surface area contributed by atoms with Gasteiger partial charge in [-0.05, 0) is 42.8 Å². The number of carbonyl (C=O) groups is 2. The summed E-state index contributed by atoms with van der Waals surface area (Å²) in [6.07, 6.45) is 0.981. The minimum absolute atomic E-state index is 0.0869. The quantitative estimate of drug-likeness (QED) is 0.593. The molecule has 0 unspecified atom stereocenters. The molecular formula is C20H22Cl3N3O4S. The van der Waals surface area contributed by atoms with Gasteiger partial charge in [-0.2, -0.15) is 0 Å². The molecule has 0 radical (unpaired) electrons. The first-order chi connectivity index (χ1) is 14.4. The number of nitrogens with zero attached hydrogens (tertiary/aromatic N) is 2. The molecule has 0 saturated heterocycles. The molecule has 0 aliphatic rings. The lowest BCUT2D eigenvalue weighted by Crippen LogP contribution is -2.50. The zero-order valence-electron chi connectivity index (χ0n) is 17.1. The third-order valence-corrected chi connectivity index (χ3v) is 6.68. The normalized spacial score (nSPS) is 12.2. The first-order valence-corrected chi connectivity index (χ1v) is 12.1. The number of benzene rings is 2. The first kappa shape index (κ1) is 25.3. The Labute approximate surface area is 196 Å². The number of hydrogen-bond acceptors (Lipinski definition) is 4. The fraction of sp³-hybridized carbons (Fsp3) is 0.300. The van der Waals surface area contributed by atoms with Gasteiger partial charge in [-0.25, -0.2) is 8.42 Å². The summed E-state index contributed by atoms with van der Waals surface area (Å²) in [6.45, 7) is 1.13. The van der Waals surface area contributed by atoms with Crippen LogP contribution in [0.4, 0.5) is 5.69 Å². The van der Waals surface area contributed by atoms with Crippen LogP contribution in [0, 0.1) is 0 Å². The van der Waals surface area contributed by atoms with E-state index in [4.69, 9.17) is 34.8 Å². The van der Waals surface area contributed by atoms with Crippen molar-refractivity contribution >= 4 is 62.3 Å². The number of halogens is 3. The minimum atomic E-state index is -3.84. The Morgan fingerprint density at radius 1 is 1.03 bits per heavy atom. The summed E-state index contributed by atoms with van der Waals surface area (Å²) in [5.41, 5.74) is 0.915. The SMILES string of the molecule is CNC(=O)[C@H](C)N(Cc1ccc(Cl)cc1)C(=O)CN(c1ccc(Cl)c(Cl)c1)S(C)(=O)=O. The molecule has 0 aliphatic carbocycles. The molecule has 2 amide bonds. The summed E-state index contributed by atoms with van der Waals surface area (Å²) in [5.74, 6) is -0.953. The molecule has 31 heavy (non-hydrogen) atoms. The molecule has 11 heteroatoms. The van der Waals surface area contributed by atoms with Crippen molar-refractivity contribution in [2.24, 2.45) is 0 Å². The Hall–Kier alpha value is -2.00. The molecule has 0 aromatic heterocycles. The second kappa shape index (κ2) is 10.5. The van der Waals surface area contributed by atoms with Gasteiger partial charge in [0.25, 0.3) is 0 Å². The Kier molecular flexibility index (Phi) is 8.59. The minimum Gasteiger partial charge on any atom is -0.357 e. The number of likely N-dealkylation sites (N-methyl/N-ethyl adjacent to an activating group) is 1. The number of hydrogen-bond donors (Lipinski definition) is 1. The number of anilines is 1. The molecule has 0 fully saturated rings. The van der Waals surface area contributed by atoms with Crippen LogP contribution in [-0.4, -0.2) is 51.0 Å². The highest BCUT2D eigenvalue weighted by atomic mass is 35.5. The van der Waals surface area contributed by atoms with E-state index in [9.17, 15) is 18.0 Å². The molecule has 2 aromatic rings. The topological polar surface area (TPSA) is 86.8 Å². The summed E-state index contributed by atoms with van der Waals surface area (Å²) in [6, 6.07) is 10.2. The number of nitrogens with one attached hydrogen (secondary N) is 1. The standard InChI is InChI=1S/C20H22Cl3N3O4S/c1-13(20(28)24-2)25(11-14-4-6-15(21)7-5-14)19(27)12-26(31(3,29)30)16-8-9-17(22)18(23)10-16/h4-10,13H,11-12H2,1-3H3,(H,24,28)/t13-/m0/s1. The van der Waals surface area contributed by atoms with Crippen LogP contribution < -0.4 is 9.62 Å². The summed E-state index contributed by atoms with van der Waals surface area (Å²) in [4.78, 5) is 26.8. The number of rotatable bonds is 8. The van der Waals surface area contributed by atoms with E-state index in [-0.39, 0.29) is 28.2 Å². The van der Waals surface area contributed by atoms with Gasteiger partial charge in [0.15, 0.2) is 0 Å². The van der Waals surface area contributed by atoms with Crippen LogP contribution in [0.5, 0.6) is 0 Å². The van der Waals surface area contributed by atoms with E-state index in [2.05, 4.69) is 5.32 Å². The molecule has 2 rings (SSSR count). The lowest BCUT2D eigenvalue weighted by atomic mass is 10.1. The van der Waals surface area contributed by atoms with Crippen molar-refractivity contribution in [2.75, 3.05) is 24.2 Å². The van der Waals surface area contributed by atoms with Crippen molar-refractivity contribution in [3.8, 4) is 0 Å². The smallest absolute Gasteiger partial charge is 0.244 e. The molecule has 0 spiro atoms. The van der Waals surface area contributed by atoms with E-state index < -0.39 is 28.5 Å². The van der Waals surface area contributed by atoms with Gasteiger partial charge >= 0.3 is 0 Å². The zero-order valence-corrected chi connectivity index (χ0v) is 20.2. The van der Waals surface area contributed by atoms with Gasteiger partial charge in [-0.3, -0.25) is 13.9 Å². The fourth-order valence-electron chi connectivity index (χ4n) is 2.83. The molecule has 2 aromatic carbocycles. The van der Waals surface area contributed by atoms with Crippen molar-refractivity contribution < 1.29 is 18.0 Å². The lowest BCUT2D eigenvalue weighted by Gasteiger charge is -2.31. The third-order valence-electron chi connectivity index (χ3n) is 4.55.